The first-order valence-corrected chi connectivity index (χ1v) is 5.60. The zero-order chi connectivity index (χ0) is 12.0. The third-order valence-electron chi connectivity index (χ3n) is 2.80. The standard InChI is InChI=1S/C12H18N2O2/c1-3-8-16-10(2)12(15)14-6-4-11(9-13)5-7-14/h3,10-11H,1,4-8H2,2H3/t10-/m0/s1. The van der Waals surface area contributed by atoms with Crippen LogP contribution in [0.4, 0.5) is 0 Å². The summed E-state index contributed by atoms with van der Waals surface area (Å²) < 4.78 is 5.29. The van der Waals surface area contributed by atoms with Crippen LogP contribution in [0.3, 0.4) is 0 Å². The molecule has 0 bridgehead atoms. The Morgan fingerprint density at radius 2 is 2.31 bits per heavy atom. The molecular weight excluding hydrogens is 204 g/mol. The van der Waals surface area contributed by atoms with E-state index in [0.29, 0.717) is 19.7 Å². The summed E-state index contributed by atoms with van der Waals surface area (Å²) in [5.41, 5.74) is 0. The highest BCUT2D eigenvalue weighted by molar-refractivity contribution is 5.80. The van der Waals surface area contributed by atoms with Crippen LogP contribution in [0, 0.1) is 17.2 Å². The molecule has 0 N–H and O–H groups in total. The van der Waals surface area contributed by atoms with Gasteiger partial charge in [0.25, 0.3) is 5.91 Å². The smallest absolute Gasteiger partial charge is 0.251 e. The Bertz CT molecular complexity index is 288. The fourth-order valence-corrected chi connectivity index (χ4v) is 1.77. The molecular formula is C12H18N2O2. The van der Waals surface area contributed by atoms with E-state index in [0.717, 1.165) is 12.8 Å². The van der Waals surface area contributed by atoms with Crippen molar-refractivity contribution in [2.45, 2.75) is 25.9 Å². The van der Waals surface area contributed by atoms with E-state index in [2.05, 4.69) is 12.6 Å². The van der Waals surface area contributed by atoms with Crippen molar-refractivity contribution < 1.29 is 9.53 Å². The molecule has 1 fully saturated rings. The van der Waals surface area contributed by atoms with Crippen LogP contribution in [0.1, 0.15) is 19.8 Å². The van der Waals surface area contributed by atoms with Crippen LogP contribution in [-0.4, -0.2) is 36.6 Å². The Morgan fingerprint density at radius 3 is 2.81 bits per heavy atom. The minimum atomic E-state index is -0.420. The summed E-state index contributed by atoms with van der Waals surface area (Å²) in [6.45, 7) is 7.01. The first kappa shape index (κ1) is 12.7. The van der Waals surface area contributed by atoms with Crippen molar-refractivity contribution in [3.8, 4) is 6.07 Å². The molecule has 0 radical (unpaired) electrons. The van der Waals surface area contributed by atoms with Gasteiger partial charge in [0.1, 0.15) is 6.10 Å². The van der Waals surface area contributed by atoms with Gasteiger partial charge in [-0.2, -0.15) is 5.26 Å². The van der Waals surface area contributed by atoms with Crippen LogP contribution >= 0.6 is 0 Å². The number of piperidine rings is 1. The van der Waals surface area contributed by atoms with Gasteiger partial charge in [-0.15, -0.1) is 6.58 Å². The van der Waals surface area contributed by atoms with Gasteiger partial charge in [0.15, 0.2) is 0 Å². The number of carbonyl (C=O) groups excluding carboxylic acids is 1. The topological polar surface area (TPSA) is 53.3 Å². The molecule has 16 heavy (non-hydrogen) atoms. The lowest BCUT2D eigenvalue weighted by Crippen LogP contribution is -2.43. The van der Waals surface area contributed by atoms with E-state index in [1.54, 1.807) is 17.9 Å². The third-order valence-corrected chi connectivity index (χ3v) is 2.80. The molecule has 88 valence electrons. The second kappa shape index (κ2) is 6.29. The van der Waals surface area contributed by atoms with Crippen molar-refractivity contribution >= 4 is 5.91 Å². The molecule has 1 saturated heterocycles. The molecule has 0 saturated carbocycles. The average Bonchev–Trinajstić information content (AvgIpc) is 2.35. The molecule has 1 atom stereocenters. The molecule has 4 heteroatoms. The van der Waals surface area contributed by atoms with E-state index in [4.69, 9.17) is 10.00 Å². The number of carbonyl (C=O) groups is 1. The van der Waals surface area contributed by atoms with Crippen LogP contribution in [0.5, 0.6) is 0 Å². The molecule has 0 aromatic heterocycles. The zero-order valence-electron chi connectivity index (χ0n) is 9.69. The molecule has 0 aliphatic carbocycles. The van der Waals surface area contributed by atoms with Crippen molar-refractivity contribution in [1.29, 1.82) is 5.26 Å². The SMILES string of the molecule is C=CCO[C@@H](C)C(=O)N1CCC(C#N)CC1. The Balaban J connectivity index is 2.38. The summed E-state index contributed by atoms with van der Waals surface area (Å²) in [5, 5.41) is 8.75. The van der Waals surface area contributed by atoms with E-state index in [9.17, 15) is 4.79 Å². The van der Waals surface area contributed by atoms with Gasteiger partial charge in [0, 0.05) is 19.0 Å². The summed E-state index contributed by atoms with van der Waals surface area (Å²) in [6, 6.07) is 2.24. The molecule has 1 aliphatic heterocycles. The molecule has 0 spiro atoms. The van der Waals surface area contributed by atoms with Gasteiger partial charge < -0.3 is 9.64 Å². The van der Waals surface area contributed by atoms with Gasteiger partial charge in [0.05, 0.1) is 12.7 Å². The quantitative estimate of drug-likeness (QED) is 0.674. The number of nitriles is 1. The van der Waals surface area contributed by atoms with Crippen molar-refractivity contribution in [3.63, 3.8) is 0 Å². The van der Waals surface area contributed by atoms with Gasteiger partial charge in [-0.1, -0.05) is 6.08 Å². The molecule has 1 amide bonds. The minimum absolute atomic E-state index is 0.0123. The molecule has 1 aliphatic rings. The van der Waals surface area contributed by atoms with Gasteiger partial charge in [-0.25, -0.2) is 0 Å². The van der Waals surface area contributed by atoms with E-state index < -0.39 is 6.10 Å². The molecule has 0 unspecified atom stereocenters. The molecule has 1 rings (SSSR count). The summed E-state index contributed by atoms with van der Waals surface area (Å²) in [4.78, 5) is 13.7. The lowest BCUT2D eigenvalue weighted by atomic mass is 9.98. The second-order valence-corrected chi connectivity index (χ2v) is 3.99. The lowest BCUT2D eigenvalue weighted by Gasteiger charge is -2.31. The number of nitrogens with zero attached hydrogens (tertiary/aromatic N) is 2. The van der Waals surface area contributed by atoms with Crippen molar-refractivity contribution in [2.75, 3.05) is 19.7 Å². The summed E-state index contributed by atoms with van der Waals surface area (Å²) in [6.07, 6.45) is 2.76. The fraction of sp³-hybridized carbons (Fsp3) is 0.667. The number of ether oxygens (including phenoxy) is 1. The summed E-state index contributed by atoms with van der Waals surface area (Å²) >= 11 is 0. The average molecular weight is 222 g/mol. The fourth-order valence-electron chi connectivity index (χ4n) is 1.77. The van der Waals surface area contributed by atoms with Gasteiger partial charge in [-0.3, -0.25) is 4.79 Å². The minimum Gasteiger partial charge on any atom is -0.365 e. The van der Waals surface area contributed by atoms with Crippen LogP contribution < -0.4 is 0 Å². The summed E-state index contributed by atoms with van der Waals surface area (Å²) in [7, 11) is 0. The Labute approximate surface area is 96.5 Å². The van der Waals surface area contributed by atoms with Gasteiger partial charge >= 0.3 is 0 Å². The molecule has 0 aromatic rings. The highest BCUT2D eigenvalue weighted by Crippen LogP contribution is 2.17. The first-order valence-electron chi connectivity index (χ1n) is 5.60. The molecule has 1 heterocycles. The van der Waals surface area contributed by atoms with Crippen molar-refractivity contribution in [2.24, 2.45) is 5.92 Å². The Hall–Kier alpha value is -1.34. The van der Waals surface area contributed by atoms with E-state index >= 15 is 0 Å². The van der Waals surface area contributed by atoms with Crippen LogP contribution in [0.2, 0.25) is 0 Å². The van der Waals surface area contributed by atoms with Crippen LogP contribution in [-0.2, 0) is 9.53 Å². The predicted molar refractivity (Wildman–Crippen MR) is 60.5 cm³/mol. The Morgan fingerprint density at radius 1 is 1.69 bits per heavy atom. The predicted octanol–water partition coefficient (Wildman–Crippen LogP) is 1.34. The number of amides is 1. The van der Waals surface area contributed by atoms with E-state index in [1.807, 2.05) is 0 Å². The van der Waals surface area contributed by atoms with Crippen LogP contribution in [0.25, 0.3) is 0 Å². The largest absolute Gasteiger partial charge is 0.365 e. The van der Waals surface area contributed by atoms with E-state index in [-0.39, 0.29) is 11.8 Å². The number of rotatable bonds is 4. The summed E-state index contributed by atoms with van der Waals surface area (Å²) in [5.74, 6) is 0.117. The number of hydrogen-bond donors (Lipinski definition) is 0. The highest BCUT2D eigenvalue weighted by Gasteiger charge is 2.25. The van der Waals surface area contributed by atoms with E-state index in [1.165, 1.54) is 0 Å². The number of hydrogen-bond acceptors (Lipinski definition) is 3. The second-order valence-electron chi connectivity index (χ2n) is 3.99. The normalized spacial score (nSPS) is 18.9. The first-order chi connectivity index (χ1) is 7.69. The maximum Gasteiger partial charge on any atom is 0.251 e. The third kappa shape index (κ3) is 3.35. The monoisotopic (exact) mass is 222 g/mol. The lowest BCUT2D eigenvalue weighted by molar-refractivity contribution is -0.143. The molecule has 0 aromatic carbocycles. The highest BCUT2D eigenvalue weighted by atomic mass is 16.5. The zero-order valence-corrected chi connectivity index (χ0v) is 9.69. The van der Waals surface area contributed by atoms with Crippen molar-refractivity contribution in [3.05, 3.63) is 12.7 Å². The maximum absolute atomic E-state index is 11.9. The number of likely N-dealkylation sites (tertiary alicyclic amines) is 1. The maximum atomic E-state index is 11.9. The van der Waals surface area contributed by atoms with Crippen LogP contribution in [0.15, 0.2) is 12.7 Å². The Kier molecular flexibility index (Phi) is 5.00. The van der Waals surface area contributed by atoms with Gasteiger partial charge in [0.2, 0.25) is 0 Å². The molecule has 4 nitrogen and oxygen atoms in total. The van der Waals surface area contributed by atoms with Gasteiger partial charge in [-0.05, 0) is 19.8 Å². The van der Waals surface area contributed by atoms with Crippen molar-refractivity contribution in [1.82, 2.24) is 4.90 Å².